The Labute approximate surface area is 292 Å². The monoisotopic (exact) mass is 689 g/mol. The Morgan fingerprint density at radius 1 is 0.959 bits per heavy atom. The summed E-state index contributed by atoms with van der Waals surface area (Å²) in [6, 6.07) is 24.6. The standard InChI is InChI=1S/C38H35N5O4S2/c1-4-5-8-21-47-28-18-16-26(17-19-28)32-30(33(44)31-24(3)42-20-10-11-23(2)35(42)39-31)34(45)36(46)43(32)37-40-41-38(49-37)48-22-27-14-9-13-25-12-6-7-15-29(25)27/h6-7,9-20,32,44H,4-5,8,21-22H2,1-3H3. The molecule has 0 aliphatic carbocycles. The molecule has 4 heterocycles. The van der Waals surface area contributed by atoms with Gasteiger partial charge in [0, 0.05) is 11.9 Å². The number of imidazole rings is 1. The summed E-state index contributed by atoms with van der Waals surface area (Å²) < 4.78 is 8.46. The van der Waals surface area contributed by atoms with Crippen molar-refractivity contribution in [2.24, 2.45) is 0 Å². The van der Waals surface area contributed by atoms with Crippen LogP contribution in [-0.4, -0.2) is 43.0 Å². The average Bonchev–Trinajstić information content (AvgIpc) is 3.80. The van der Waals surface area contributed by atoms with E-state index in [1.807, 2.05) is 79.0 Å². The van der Waals surface area contributed by atoms with Gasteiger partial charge in [0.15, 0.2) is 10.1 Å². The van der Waals surface area contributed by atoms with Gasteiger partial charge >= 0.3 is 5.91 Å². The number of amides is 1. The summed E-state index contributed by atoms with van der Waals surface area (Å²) in [6.45, 7) is 6.50. The summed E-state index contributed by atoms with van der Waals surface area (Å²) in [7, 11) is 0. The fourth-order valence-electron chi connectivity index (χ4n) is 6.22. The molecule has 49 heavy (non-hydrogen) atoms. The van der Waals surface area contributed by atoms with Gasteiger partial charge in [0.1, 0.15) is 17.1 Å². The Morgan fingerprint density at radius 3 is 2.55 bits per heavy atom. The van der Waals surface area contributed by atoms with Gasteiger partial charge in [0.2, 0.25) is 5.13 Å². The van der Waals surface area contributed by atoms with Crippen molar-refractivity contribution in [2.45, 2.75) is 56.2 Å². The van der Waals surface area contributed by atoms with E-state index in [-0.39, 0.29) is 22.2 Å². The van der Waals surface area contributed by atoms with Crippen molar-refractivity contribution in [2.75, 3.05) is 11.5 Å². The minimum Gasteiger partial charge on any atom is -0.505 e. The summed E-state index contributed by atoms with van der Waals surface area (Å²) in [5.74, 6) is -0.584. The fourth-order valence-corrected chi connectivity index (χ4v) is 8.10. The molecule has 1 fully saturated rings. The molecule has 1 aliphatic rings. The number of Topliss-reactive ketones (excluding diaryl/α,β-unsaturated/α-hetero) is 1. The number of hydrogen-bond donors (Lipinski definition) is 1. The Morgan fingerprint density at radius 2 is 1.76 bits per heavy atom. The molecule has 7 rings (SSSR count). The third-order valence-electron chi connectivity index (χ3n) is 8.80. The quantitative estimate of drug-likeness (QED) is 0.0361. The van der Waals surface area contributed by atoms with Crippen LogP contribution in [0.3, 0.4) is 0 Å². The van der Waals surface area contributed by atoms with Crippen molar-refractivity contribution in [3.63, 3.8) is 0 Å². The predicted molar refractivity (Wildman–Crippen MR) is 194 cm³/mol. The molecular weight excluding hydrogens is 655 g/mol. The molecule has 1 saturated heterocycles. The van der Waals surface area contributed by atoms with Crippen molar-refractivity contribution in [1.82, 2.24) is 19.6 Å². The lowest BCUT2D eigenvalue weighted by molar-refractivity contribution is -0.132. The van der Waals surface area contributed by atoms with Crippen LogP contribution in [0.2, 0.25) is 0 Å². The fraction of sp³-hybridized carbons (Fsp3) is 0.237. The molecule has 1 N–H and O–H groups in total. The number of hydrogen-bond acceptors (Lipinski definition) is 9. The van der Waals surface area contributed by atoms with Crippen LogP contribution in [0.1, 0.15) is 60.3 Å². The molecule has 0 saturated carbocycles. The number of aryl methyl sites for hydroxylation is 2. The number of aliphatic hydroxyl groups is 1. The van der Waals surface area contributed by atoms with Gasteiger partial charge in [0.25, 0.3) is 5.78 Å². The van der Waals surface area contributed by atoms with E-state index in [1.54, 1.807) is 0 Å². The molecular formula is C38H35N5O4S2. The number of thioether (sulfide) groups is 1. The molecule has 248 valence electrons. The first-order valence-corrected chi connectivity index (χ1v) is 18.1. The van der Waals surface area contributed by atoms with Crippen molar-refractivity contribution >= 4 is 62.1 Å². The highest BCUT2D eigenvalue weighted by Gasteiger charge is 2.49. The van der Waals surface area contributed by atoms with Gasteiger partial charge in [-0.05, 0) is 65.9 Å². The van der Waals surface area contributed by atoms with Crippen molar-refractivity contribution in [1.29, 1.82) is 0 Å². The van der Waals surface area contributed by atoms with Gasteiger partial charge in [0.05, 0.1) is 23.9 Å². The van der Waals surface area contributed by atoms with Crippen LogP contribution in [0, 0.1) is 13.8 Å². The summed E-state index contributed by atoms with van der Waals surface area (Å²) in [5, 5.41) is 23.2. The van der Waals surface area contributed by atoms with Gasteiger partial charge < -0.3 is 14.2 Å². The zero-order valence-corrected chi connectivity index (χ0v) is 29.1. The number of ether oxygens (including phenoxy) is 1. The maximum absolute atomic E-state index is 13.9. The van der Waals surface area contributed by atoms with Crippen LogP contribution in [0.5, 0.6) is 5.75 Å². The van der Waals surface area contributed by atoms with Crippen LogP contribution >= 0.6 is 23.1 Å². The van der Waals surface area contributed by atoms with E-state index in [0.29, 0.717) is 39.4 Å². The highest BCUT2D eigenvalue weighted by molar-refractivity contribution is 8.00. The topological polar surface area (TPSA) is 110 Å². The third-order valence-corrected chi connectivity index (χ3v) is 10.9. The lowest BCUT2D eigenvalue weighted by Gasteiger charge is -2.22. The van der Waals surface area contributed by atoms with Gasteiger partial charge in [-0.3, -0.25) is 14.5 Å². The molecule has 3 aromatic heterocycles. The predicted octanol–water partition coefficient (Wildman–Crippen LogP) is 8.44. The second-order valence-electron chi connectivity index (χ2n) is 12.0. The molecule has 11 heteroatoms. The van der Waals surface area contributed by atoms with E-state index in [9.17, 15) is 14.7 Å². The molecule has 0 radical (unpaired) electrons. The molecule has 9 nitrogen and oxygen atoms in total. The summed E-state index contributed by atoms with van der Waals surface area (Å²) in [6.07, 6.45) is 4.99. The van der Waals surface area contributed by atoms with E-state index in [1.165, 1.54) is 33.4 Å². The highest BCUT2D eigenvalue weighted by atomic mass is 32.2. The van der Waals surface area contributed by atoms with Gasteiger partial charge in [-0.2, -0.15) is 0 Å². The van der Waals surface area contributed by atoms with E-state index in [0.717, 1.165) is 35.8 Å². The minimum absolute atomic E-state index is 0.0501. The van der Waals surface area contributed by atoms with Crippen molar-refractivity contribution in [3.05, 3.63) is 119 Å². The normalized spacial score (nSPS) is 15.9. The van der Waals surface area contributed by atoms with Crippen LogP contribution < -0.4 is 9.64 Å². The van der Waals surface area contributed by atoms with Crippen molar-refractivity contribution in [3.8, 4) is 5.75 Å². The summed E-state index contributed by atoms with van der Waals surface area (Å²) in [4.78, 5) is 33.8. The first-order valence-electron chi connectivity index (χ1n) is 16.3. The molecule has 1 aliphatic heterocycles. The van der Waals surface area contributed by atoms with E-state index < -0.39 is 17.7 Å². The molecule has 0 bridgehead atoms. The lowest BCUT2D eigenvalue weighted by atomic mass is 9.96. The molecule has 1 amide bonds. The van der Waals surface area contributed by atoms with Gasteiger partial charge in [-0.25, -0.2) is 4.98 Å². The van der Waals surface area contributed by atoms with Crippen LogP contribution in [0.15, 0.2) is 95.0 Å². The second-order valence-corrected chi connectivity index (χ2v) is 14.2. The van der Waals surface area contributed by atoms with Crippen LogP contribution in [0.25, 0.3) is 22.2 Å². The number of carbonyl (C=O) groups is 2. The molecule has 3 aromatic carbocycles. The number of nitrogens with zero attached hydrogens (tertiary/aromatic N) is 5. The zero-order chi connectivity index (χ0) is 34.1. The number of aliphatic hydroxyl groups excluding tert-OH is 1. The first kappa shape index (κ1) is 32.5. The van der Waals surface area contributed by atoms with Crippen LogP contribution in [0.4, 0.5) is 5.13 Å². The lowest BCUT2D eigenvalue weighted by Crippen LogP contribution is -2.29. The molecule has 1 unspecified atom stereocenters. The minimum atomic E-state index is -0.955. The first-order chi connectivity index (χ1) is 23.9. The Balaban J connectivity index is 1.26. The van der Waals surface area contributed by atoms with Gasteiger partial charge in [-0.15, -0.1) is 10.2 Å². The number of pyridine rings is 1. The largest absolute Gasteiger partial charge is 0.505 e. The summed E-state index contributed by atoms with van der Waals surface area (Å²) >= 11 is 2.76. The third kappa shape index (κ3) is 6.20. The Hall–Kier alpha value is -5.00. The maximum Gasteiger partial charge on any atom is 0.301 e. The summed E-state index contributed by atoms with van der Waals surface area (Å²) in [5.41, 5.74) is 4.21. The number of aromatic nitrogens is 4. The highest BCUT2D eigenvalue weighted by Crippen LogP contribution is 2.44. The second kappa shape index (κ2) is 13.9. The number of carbonyl (C=O) groups excluding carboxylic acids is 2. The Kier molecular flexibility index (Phi) is 9.20. The molecule has 1 atom stereocenters. The van der Waals surface area contributed by atoms with E-state index in [2.05, 4.69) is 41.4 Å². The van der Waals surface area contributed by atoms with Crippen LogP contribution in [-0.2, 0) is 15.3 Å². The van der Waals surface area contributed by atoms with E-state index in [4.69, 9.17) is 9.72 Å². The van der Waals surface area contributed by atoms with Crippen molar-refractivity contribution < 1.29 is 19.4 Å². The molecule has 6 aromatic rings. The number of unbranched alkanes of at least 4 members (excludes halogenated alkanes) is 2. The average molecular weight is 690 g/mol. The van der Waals surface area contributed by atoms with E-state index >= 15 is 0 Å². The number of fused-ring (bicyclic) bond motifs is 2. The maximum atomic E-state index is 13.9. The number of ketones is 1. The Bertz CT molecular complexity index is 2220. The van der Waals surface area contributed by atoms with Gasteiger partial charge in [-0.1, -0.05) is 104 Å². The smallest absolute Gasteiger partial charge is 0.301 e. The number of anilines is 1. The number of rotatable bonds is 11. The molecule has 0 spiro atoms. The number of benzene rings is 3. The zero-order valence-electron chi connectivity index (χ0n) is 27.4. The SMILES string of the molecule is CCCCCOc1ccc(C2C(=C(O)c3nc4c(C)cccn4c3C)C(=O)C(=O)N2c2nnc(SCc3cccc4ccccc34)s2)cc1.